The lowest BCUT2D eigenvalue weighted by molar-refractivity contribution is -0.130. The number of alkyl halides is 1. The molecular formula is C17H28BrNO. The van der Waals surface area contributed by atoms with E-state index in [9.17, 15) is 4.79 Å². The number of halogens is 1. The molecule has 4 saturated carbocycles. The predicted molar refractivity (Wildman–Crippen MR) is 85.8 cm³/mol. The van der Waals surface area contributed by atoms with E-state index in [1.807, 2.05) is 0 Å². The highest BCUT2D eigenvalue weighted by molar-refractivity contribution is 9.09. The summed E-state index contributed by atoms with van der Waals surface area (Å²) in [6, 6.07) is 0. The molecule has 0 aromatic heterocycles. The normalized spacial score (nSPS) is 40.7. The molecule has 20 heavy (non-hydrogen) atoms. The molecule has 4 aliphatic rings. The van der Waals surface area contributed by atoms with E-state index in [4.69, 9.17) is 0 Å². The molecule has 0 radical (unpaired) electrons. The average Bonchev–Trinajstić information content (AvgIpc) is 2.24. The SMILES string of the molecule is CC(Br)C(C)(C)NC(=O)CC12CC3CC(CC(C3)C1)C2. The Hall–Kier alpha value is -0.0500. The molecule has 1 unspecified atom stereocenters. The Morgan fingerprint density at radius 1 is 1.20 bits per heavy atom. The number of hydrogen-bond donors (Lipinski definition) is 1. The van der Waals surface area contributed by atoms with E-state index < -0.39 is 0 Å². The van der Waals surface area contributed by atoms with E-state index in [0.717, 1.165) is 24.2 Å². The van der Waals surface area contributed by atoms with Crippen LogP contribution in [0.2, 0.25) is 0 Å². The van der Waals surface area contributed by atoms with Crippen molar-refractivity contribution in [2.75, 3.05) is 0 Å². The highest BCUT2D eigenvalue weighted by atomic mass is 79.9. The quantitative estimate of drug-likeness (QED) is 0.760. The first-order valence-corrected chi connectivity index (χ1v) is 9.15. The maximum Gasteiger partial charge on any atom is 0.221 e. The Kier molecular flexibility index (Phi) is 3.72. The molecule has 0 aliphatic heterocycles. The topological polar surface area (TPSA) is 29.1 Å². The van der Waals surface area contributed by atoms with Crippen molar-refractivity contribution in [3.63, 3.8) is 0 Å². The second-order valence-electron chi connectivity index (χ2n) is 8.48. The second-order valence-corrected chi connectivity index (χ2v) is 9.85. The van der Waals surface area contributed by atoms with Gasteiger partial charge in [0, 0.05) is 16.8 Å². The first-order chi connectivity index (χ1) is 9.28. The van der Waals surface area contributed by atoms with Gasteiger partial charge < -0.3 is 5.32 Å². The fourth-order valence-corrected chi connectivity index (χ4v) is 5.46. The lowest BCUT2D eigenvalue weighted by Gasteiger charge is -2.56. The molecular weight excluding hydrogens is 314 g/mol. The number of nitrogens with one attached hydrogen (secondary N) is 1. The minimum Gasteiger partial charge on any atom is -0.350 e. The summed E-state index contributed by atoms with van der Waals surface area (Å²) in [7, 11) is 0. The number of carbonyl (C=O) groups is 1. The van der Waals surface area contributed by atoms with Crippen molar-refractivity contribution in [2.45, 2.75) is 76.1 Å². The fourth-order valence-electron chi connectivity index (χ4n) is 5.35. The molecule has 2 nitrogen and oxygen atoms in total. The molecule has 1 amide bonds. The minimum absolute atomic E-state index is 0.167. The van der Waals surface area contributed by atoms with Crippen LogP contribution in [0.15, 0.2) is 0 Å². The van der Waals surface area contributed by atoms with Crippen LogP contribution in [-0.2, 0) is 4.79 Å². The molecule has 4 fully saturated rings. The van der Waals surface area contributed by atoms with Crippen molar-refractivity contribution in [2.24, 2.45) is 23.2 Å². The maximum atomic E-state index is 12.5. The van der Waals surface area contributed by atoms with Gasteiger partial charge in [-0.25, -0.2) is 0 Å². The van der Waals surface area contributed by atoms with Crippen LogP contribution in [0.3, 0.4) is 0 Å². The summed E-state index contributed by atoms with van der Waals surface area (Å²) in [6.45, 7) is 6.30. The van der Waals surface area contributed by atoms with Gasteiger partial charge >= 0.3 is 0 Å². The second kappa shape index (κ2) is 5.00. The lowest BCUT2D eigenvalue weighted by atomic mass is 9.49. The van der Waals surface area contributed by atoms with Crippen molar-refractivity contribution >= 4 is 21.8 Å². The summed E-state index contributed by atoms with van der Waals surface area (Å²) in [5.74, 6) is 3.05. The Morgan fingerprint density at radius 3 is 2.05 bits per heavy atom. The summed E-state index contributed by atoms with van der Waals surface area (Å²) >= 11 is 3.60. The van der Waals surface area contributed by atoms with Crippen LogP contribution in [0, 0.1) is 23.2 Å². The molecule has 1 atom stereocenters. The maximum absolute atomic E-state index is 12.5. The molecule has 0 spiro atoms. The van der Waals surface area contributed by atoms with Crippen LogP contribution in [0.5, 0.6) is 0 Å². The van der Waals surface area contributed by atoms with Gasteiger partial charge in [-0.15, -0.1) is 0 Å². The zero-order chi connectivity index (χ0) is 14.5. The summed E-state index contributed by atoms with van der Waals surface area (Å²) in [4.78, 5) is 12.8. The van der Waals surface area contributed by atoms with Gasteiger partial charge in [-0.3, -0.25) is 4.79 Å². The molecule has 0 aromatic carbocycles. The molecule has 1 N–H and O–H groups in total. The summed E-state index contributed by atoms with van der Waals surface area (Å²) < 4.78 is 0. The van der Waals surface area contributed by atoms with Gasteiger partial charge in [0.05, 0.1) is 0 Å². The standard InChI is InChI=1S/C17H28BrNO/c1-11(18)16(2,3)19-15(20)10-17-7-12-4-13(8-17)6-14(5-12)9-17/h11-14H,4-10H2,1-3H3,(H,19,20). The minimum atomic E-state index is -0.167. The zero-order valence-corrected chi connectivity index (χ0v) is 14.6. The van der Waals surface area contributed by atoms with Crippen molar-refractivity contribution < 1.29 is 4.79 Å². The van der Waals surface area contributed by atoms with Crippen molar-refractivity contribution in [1.29, 1.82) is 0 Å². The van der Waals surface area contributed by atoms with Gasteiger partial charge in [0.2, 0.25) is 5.91 Å². The van der Waals surface area contributed by atoms with Gasteiger partial charge in [-0.1, -0.05) is 22.9 Å². The molecule has 0 heterocycles. The van der Waals surface area contributed by atoms with E-state index in [0.29, 0.717) is 5.41 Å². The fraction of sp³-hybridized carbons (Fsp3) is 0.941. The van der Waals surface area contributed by atoms with E-state index >= 15 is 0 Å². The van der Waals surface area contributed by atoms with Gasteiger partial charge in [0.15, 0.2) is 0 Å². The molecule has 0 saturated heterocycles. The highest BCUT2D eigenvalue weighted by Gasteiger charge is 2.51. The van der Waals surface area contributed by atoms with E-state index in [-0.39, 0.29) is 16.3 Å². The molecule has 4 rings (SSSR count). The van der Waals surface area contributed by atoms with Crippen molar-refractivity contribution in [3.8, 4) is 0 Å². The Balaban J connectivity index is 1.64. The lowest BCUT2D eigenvalue weighted by Crippen LogP contribution is -2.52. The van der Waals surface area contributed by atoms with Gasteiger partial charge in [-0.05, 0) is 75.5 Å². The third-order valence-electron chi connectivity index (χ3n) is 6.16. The summed E-state index contributed by atoms with van der Waals surface area (Å²) in [5, 5.41) is 3.24. The summed E-state index contributed by atoms with van der Waals surface area (Å²) in [5.41, 5.74) is 0.184. The molecule has 4 bridgehead atoms. The van der Waals surface area contributed by atoms with Crippen LogP contribution < -0.4 is 5.32 Å². The third-order valence-corrected chi connectivity index (χ3v) is 7.30. The van der Waals surface area contributed by atoms with Crippen LogP contribution in [0.1, 0.15) is 65.7 Å². The Bertz CT molecular complexity index is 367. The number of carbonyl (C=O) groups excluding carboxylic acids is 1. The third kappa shape index (κ3) is 2.80. The molecule has 114 valence electrons. The van der Waals surface area contributed by atoms with Crippen molar-refractivity contribution in [1.82, 2.24) is 5.32 Å². The molecule has 0 aromatic rings. The Labute approximate surface area is 131 Å². The first-order valence-electron chi connectivity index (χ1n) is 8.23. The number of amides is 1. The predicted octanol–water partition coefficient (Wildman–Crippen LogP) is 4.27. The monoisotopic (exact) mass is 341 g/mol. The molecule has 4 aliphatic carbocycles. The van der Waals surface area contributed by atoms with Crippen LogP contribution in [0.25, 0.3) is 0 Å². The van der Waals surface area contributed by atoms with E-state index in [1.54, 1.807) is 0 Å². The van der Waals surface area contributed by atoms with Gasteiger partial charge in [0.25, 0.3) is 0 Å². The number of hydrogen-bond acceptors (Lipinski definition) is 1. The van der Waals surface area contributed by atoms with Gasteiger partial charge in [0.1, 0.15) is 0 Å². The van der Waals surface area contributed by atoms with Gasteiger partial charge in [-0.2, -0.15) is 0 Å². The van der Waals surface area contributed by atoms with Crippen LogP contribution in [-0.4, -0.2) is 16.3 Å². The smallest absolute Gasteiger partial charge is 0.221 e. The van der Waals surface area contributed by atoms with E-state index in [1.165, 1.54) is 38.5 Å². The van der Waals surface area contributed by atoms with Crippen LogP contribution >= 0.6 is 15.9 Å². The van der Waals surface area contributed by atoms with Crippen LogP contribution in [0.4, 0.5) is 0 Å². The zero-order valence-electron chi connectivity index (χ0n) is 13.0. The average molecular weight is 342 g/mol. The summed E-state index contributed by atoms with van der Waals surface area (Å²) in [6.07, 6.45) is 9.06. The first kappa shape index (κ1) is 14.9. The van der Waals surface area contributed by atoms with E-state index in [2.05, 4.69) is 42.0 Å². The Morgan fingerprint density at radius 2 is 1.65 bits per heavy atom. The largest absolute Gasteiger partial charge is 0.350 e. The molecule has 3 heteroatoms. The number of rotatable bonds is 4. The van der Waals surface area contributed by atoms with Crippen molar-refractivity contribution in [3.05, 3.63) is 0 Å². The highest BCUT2D eigenvalue weighted by Crippen LogP contribution is 2.61.